The molecule has 0 fully saturated rings. The topological polar surface area (TPSA) is 38.3 Å². The highest BCUT2D eigenvalue weighted by Gasteiger charge is 2.11. The highest BCUT2D eigenvalue weighted by Crippen LogP contribution is 2.29. The zero-order chi connectivity index (χ0) is 15.4. The van der Waals surface area contributed by atoms with Crippen molar-refractivity contribution in [1.29, 1.82) is 0 Å². The number of para-hydroxylation sites is 1. The lowest BCUT2D eigenvalue weighted by Crippen LogP contribution is -2.20. The normalized spacial score (nSPS) is 10.3. The Labute approximate surface area is 129 Å². The first-order chi connectivity index (χ1) is 9.97. The fourth-order valence-corrected chi connectivity index (χ4v) is 2.02. The number of carbonyl (C=O) groups is 1. The molecule has 2 rings (SSSR count). The Morgan fingerprint density at radius 2 is 1.81 bits per heavy atom. The lowest BCUT2D eigenvalue weighted by Gasteiger charge is -2.10. The van der Waals surface area contributed by atoms with Crippen molar-refractivity contribution in [1.82, 2.24) is 0 Å². The predicted molar refractivity (Wildman–Crippen MR) is 76.9 cm³/mol. The first-order valence-corrected chi connectivity index (χ1v) is 6.54. The minimum absolute atomic E-state index is 0.225. The molecule has 0 heterocycles. The Morgan fingerprint density at radius 3 is 2.43 bits per heavy atom. The Balaban J connectivity index is 1.99. The molecular formula is C14H9Cl2F2NO2. The molecule has 0 aliphatic heterocycles. The zero-order valence-corrected chi connectivity index (χ0v) is 12.0. The number of rotatable bonds is 4. The van der Waals surface area contributed by atoms with Crippen molar-refractivity contribution >= 4 is 34.8 Å². The van der Waals surface area contributed by atoms with Crippen molar-refractivity contribution in [2.75, 3.05) is 11.9 Å². The Morgan fingerprint density at radius 1 is 1.14 bits per heavy atom. The van der Waals surface area contributed by atoms with Crippen LogP contribution in [0.5, 0.6) is 5.75 Å². The van der Waals surface area contributed by atoms with E-state index < -0.39 is 24.1 Å². The van der Waals surface area contributed by atoms with Crippen LogP contribution in [0, 0.1) is 11.6 Å². The van der Waals surface area contributed by atoms with E-state index in [1.807, 2.05) is 0 Å². The van der Waals surface area contributed by atoms with E-state index in [-0.39, 0.29) is 21.5 Å². The van der Waals surface area contributed by atoms with Crippen LogP contribution in [0.3, 0.4) is 0 Å². The van der Waals surface area contributed by atoms with Gasteiger partial charge in [-0.1, -0.05) is 29.3 Å². The summed E-state index contributed by atoms with van der Waals surface area (Å²) in [6.07, 6.45) is 0. The van der Waals surface area contributed by atoms with Crippen LogP contribution >= 0.6 is 23.2 Å². The molecule has 0 unspecified atom stereocenters. The molecule has 0 aliphatic carbocycles. The van der Waals surface area contributed by atoms with Crippen molar-refractivity contribution in [3.05, 3.63) is 58.1 Å². The predicted octanol–water partition coefficient (Wildman–Crippen LogP) is 4.29. The quantitative estimate of drug-likeness (QED) is 0.907. The van der Waals surface area contributed by atoms with Crippen molar-refractivity contribution in [3.63, 3.8) is 0 Å². The number of ether oxygens (including phenoxy) is 1. The van der Waals surface area contributed by atoms with E-state index in [0.717, 1.165) is 12.1 Å². The molecular weight excluding hydrogens is 323 g/mol. The van der Waals surface area contributed by atoms with E-state index in [4.69, 9.17) is 27.9 Å². The number of carbonyl (C=O) groups excluding carboxylic acids is 1. The number of amides is 1. The average molecular weight is 332 g/mol. The molecule has 2 aromatic carbocycles. The SMILES string of the molecule is O=C(COc1ccc(F)cc1F)Nc1c(Cl)cccc1Cl. The molecule has 0 saturated heterocycles. The van der Waals surface area contributed by atoms with E-state index in [0.29, 0.717) is 6.07 Å². The molecule has 1 amide bonds. The van der Waals surface area contributed by atoms with Gasteiger partial charge in [-0.15, -0.1) is 0 Å². The van der Waals surface area contributed by atoms with Crippen LogP contribution in [0.15, 0.2) is 36.4 Å². The fourth-order valence-electron chi connectivity index (χ4n) is 1.53. The van der Waals surface area contributed by atoms with Crippen LogP contribution in [-0.2, 0) is 4.79 Å². The van der Waals surface area contributed by atoms with Gasteiger partial charge in [0.2, 0.25) is 0 Å². The van der Waals surface area contributed by atoms with Crippen LogP contribution < -0.4 is 10.1 Å². The third kappa shape index (κ3) is 4.06. The van der Waals surface area contributed by atoms with E-state index >= 15 is 0 Å². The third-order valence-corrected chi connectivity index (χ3v) is 3.11. The molecule has 0 saturated carbocycles. The zero-order valence-electron chi connectivity index (χ0n) is 10.5. The van der Waals surface area contributed by atoms with Gasteiger partial charge in [0.25, 0.3) is 5.91 Å². The van der Waals surface area contributed by atoms with Gasteiger partial charge in [-0.2, -0.15) is 0 Å². The summed E-state index contributed by atoms with van der Waals surface area (Å²) >= 11 is 11.8. The van der Waals surface area contributed by atoms with Gasteiger partial charge in [0, 0.05) is 6.07 Å². The molecule has 3 nitrogen and oxygen atoms in total. The average Bonchev–Trinajstić information content (AvgIpc) is 2.42. The van der Waals surface area contributed by atoms with Gasteiger partial charge in [0.1, 0.15) is 5.82 Å². The van der Waals surface area contributed by atoms with Gasteiger partial charge in [0.15, 0.2) is 18.2 Å². The summed E-state index contributed by atoms with van der Waals surface area (Å²) in [5.41, 5.74) is 0.244. The first kappa shape index (κ1) is 15.5. The summed E-state index contributed by atoms with van der Waals surface area (Å²) in [4.78, 5) is 11.7. The van der Waals surface area contributed by atoms with Gasteiger partial charge in [-0.25, -0.2) is 8.78 Å². The maximum Gasteiger partial charge on any atom is 0.262 e. The largest absolute Gasteiger partial charge is 0.481 e. The molecule has 1 N–H and O–H groups in total. The minimum atomic E-state index is -0.890. The van der Waals surface area contributed by atoms with E-state index in [9.17, 15) is 13.6 Å². The molecule has 0 aromatic heterocycles. The van der Waals surface area contributed by atoms with E-state index in [1.54, 1.807) is 18.2 Å². The molecule has 0 radical (unpaired) electrons. The monoisotopic (exact) mass is 331 g/mol. The summed E-state index contributed by atoms with van der Waals surface area (Å²) < 4.78 is 31.0. The standard InChI is InChI=1S/C14H9Cl2F2NO2/c15-9-2-1-3-10(16)14(9)19-13(20)7-21-12-5-4-8(17)6-11(12)18/h1-6H,7H2,(H,19,20). The highest BCUT2D eigenvalue weighted by molar-refractivity contribution is 6.39. The Hall–Kier alpha value is -1.85. The minimum Gasteiger partial charge on any atom is -0.481 e. The van der Waals surface area contributed by atoms with E-state index in [1.165, 1.54) is 0 Å². The number of hydrogen-bond acceptors (Lipinski definition) is 2. The molecule has 0 atom stereocenters. The molecule has 0 bridgehead atoms. The number of anilines is 1. The van der Waals surface area contributed by atoms with Gasteiger partial charge in [0.05, 0.1) is 15.7 Å². The van der Waals surface area contributed by atoms with Gasteiger partial charge >= 0.3 is 0 Å². The molecule has 0 aliphatic rings. The van der Waals surface area contributed by atoms with Gasteiger partial charge in [-0.05, 0) is 24.3 Å². The van der Waals surface area contributed by atoms with Crippen molar-refractivity contribution in [2.45, 2.75) is 0 Å². The van der Waals surface area contributed by atoms with Crippen LogP contribution in [0.25, 0.3) is 0 Å². The number of hydrogen-bond donors (Lipinski definition) is 1. The Bertz CT molecular complexity index is 660. The second kappa shape index (κ2) is 6.74. The summed E-state index contributed by atoms with van der Waals surface area (Å²) in [7, 11) is 0. The van der Waals surface area contributed by atoms with E-state index in [2.05, 4.69) is 5.32 Å². The van der Waals surface area contributed by atoms with Crippen molar-refractivity contribution in [2.24, 2.45) is 0 Å². The fraction of sp³-hybridized carbons (Fsp3) is 0.0714. The van der Waals surface area contributed by atoms with Crippen LogP contribution in [0.4, 0.5) is 14.5 Å². The molecule has 2 aromatic rings. The molecule has 0 spiro atoms. The number of halogens is 4. The summed E-state index contributed by atoms with van der Waals surface area (Å²) in [5, 5.41) is 2.99. The third-order valence-electron chi connectivity index (χ3n) is 2.48. The Kier molecular flexibility index (Phi) is 4.98. The first-order valence-electron chi connectivity index (χ1n) is 5.79. The second-order valence-electron chi connectivity index (χ2n) is 4.01. The highest BCUT2D eigenvalue weighted by atomic mass is 35.5. The van der Waals surface area contributed by atoms with Crippen molar-refractivity contribution < 1.29 is 18.3 Å². The van der Waals surface area contributed by atoms with Gasteiger partial charge < -0.3 is 10.1 Å². The smallest absolute Gasteiger partial charge is 0.262 e. The lowest BCUT2D eigenvalue weighted by atomic mass is 10.3. The molecule has 110 valence electrons. The van der Waals surface area contributed by atoms with Crippen LogP contribution in [-0.4, -0.2) is 12.5 Å². The summed E-state index contributed by atoms with van der Waals surface area (Å²) in [6.45, 7) is -0.468. The van der Waals surface area contributed by atoms with Gasteiger partial charge in [-0.3, -0.25) is 4.79 Å². The number of nitrogens with one attached hydrogen (secondary N) is 1. The molecule has 21 heavy (non-hydrogen) atoms. The molecule has 7 heteroatoms. The summed E-state index contributed by atoms with van der Waals surface area (Å²) in [6, 6.07) is 7.54. The van der Waals surface area contributed by atoms with Crippen molar-refractivity contribution in [3.8, 4) is 5.75 Å². The second-order valence-corrected chi connectivity index (χ2v) is 4.82. The van der Waals surface area contributed by atoms with Crippen LogP contribution in [0.2, 0.25) is 10.0 Å². The number of benzene rings is 2. The summed E-state index contributed by atoms with van der Waals surface area (Å²) in [5.74, 6) is -2.42. The maximum atomic E-state index is 13.3. The lowest BCUT2D eigenvalue weighted by molar-refractivity contribution is -0.118. The maximum absolute atomic E-state index is 13.3. The van der Waals surface area contributed by atoms with Crippen LogP contribution in [0.1, 0.15) is 0 Å².